The smallest absolute Gasteiger partial charge is 0.262 e. The molecule has 0 radical (unpaired) electrons. The van der Waals surface area contributed by atoms with E-state index in [9.17, 15) is 9.59 Å². The number of aryl methyl sites for hydroxylation is 1. The summed E-state index contributed by atoms with van der Waals surface area (Å²) in [5.41, 5.74) is 2.99. The van der Waals surface area contributed by atoms with Crippen LogP contribution in [0.2, 0.25) is 0 Å². The number of hydrogen-bond donors (Lipinski definition) is 1. The van der Waals surface area contributed by atoms with Crippen molar-refractivity contribution in [1.29, 1.82) is 0 Å². The van der Waals surface area contributed by atoms with Crippen molar-refractivity contribution in [2.75, 3.05) is 5.75 Å². The molecule has 166 valence electrons. The van der Waals surface area contributed by atoms with E-state index >= 15 is 0 Å². The lowest BCUT2D eigenvalue weighted by Crippen LogP contribution is -2.28. The summed E-state index contributed by atoms with van der Waals surface area (Å²) in [6.07, 6.45) is 1.05. The minimum atomic E-state index is -0.122. The van der Waals surface area contributed by atoms with Gasteiger partial charge in [0.15, 0.2) is 5.16 Å². The first-order chi connectivity index (χ1) is 15.3. The van der Waals surface area contributed by atoms with Gasteiger partial charge in [0.1, 0.15) is 0 Å². The Balaban J connectivity index is 1.47. The third-order valence-electron chi connectivity index (χ3n) is 5.43. The Kier molecular flexibility index (Phi) is 6.32. The van der Waals surface area contributed by atoms with Gasteiger partial charge in [-0.2, -0.15) is 0 Å². The molecule has 1 atom stereocenters. The zero-order valence-electron chi connectivity index (χ0n) is 18.7. The van der Waals surface area contributed by atoms with Gasteiger partial charge >= 0.3 is 0 Å². The van der Waals surface area contributed by atoms with Crippen LogP contribution >= 0.6 is 11.8 Å². The van der Waals surface area contributed by atoms with Crippen molar-refractivity contribution in [3.63, 3.8) is 0 Å². The van der Waals surface area contributed by atoms with E-state index in [2.05, 4.69) is 53.6 Å². The first-order valence-electron chi connectivity index (χ1n) is 10.7. The first kappa shape index (κ1) is 22.1. The van der Waals surface area contributed by atoms with Crippen molar-refractivity contribution in [2.24, 2.45) is 13.0 Å². The van der Waals surface area contributed by atoms with Crippen molar-refractivity contribution in [1.82, 2.24) is 24.5 Å². The molecule has 7 nitrogen and oxygen atoms in total. The van der Waals surface area contributed by atoms with E-state index in [1.54, 1.807) is 13.1 Å². The fourth-order valence-corrected chi connectivity index (χ4v) is 4.57. The molecular weight excluding hydrogens is 422 g/mol. The molecule has 0 saturated carbocycles. The molecule has 0 aliphatic carbocycles. The topological polar surface area (TPSA) is 81.3 Å². The maximum Gasteiger partial charge on any atom is 0.262 e. The van der Waals surface area contributed by atoms with Crippen LogP contribution in [0.4, 0.5) is 0 Å². The van der Waals surface area contributed by atoms with Gasteiger partial charge in [0, 0.05) is 7.05 Å². The van der Waals surface area contributed by atoms with E-state index in [4.69, 9.17) is 0 Å². The van der Waals surface area contributed by atoms with Crippen molar-refractivity contribution < 1.29 is 4.79 Å². The van der Waals surface area contributed by atoms with Gasteiger partial charge in [0.25, 0.3) is 5.56 Å². The predicted molar refractivity (Wildman–Crippen MR) is 128 cm³/mol. The molecule has 0 spiro atoms. The standard InChI is InChI=1S/C24H27N5O2S/c1-15(2)13-17-9-11-18(12-10-17)16(3)25-21(30)14-32-24-27-26-23-28(4)22(31)19-7-5-6-8-20(19)29(23)24/h5-12,15-16H,13-14H2,1-4H3,(H,25,30). The second-order valence-corrected chi connectivity index (χ2v) is 9.36. The lowest BCUT2D eigenvalue weighted by Gasteiger charge is -2.15. The number of carbonyl (C=O) groups excluding carboxylic acids is 1. The Morgan fingerprint density at radius 1 is 1.06 bits per heavy atom. The number of benzene rings is 2. The molecule has 1 amide bonds. The number of fused-ring (bicyclic) bond motifs is 3. The molecule has 1 unspecified atom stereocenters. The third-order valence-corrected chi connectivity index (χ3v) is 6.36. The highest BCUT2D eigenvalue weighted by Crippen LogP contribution is 2.22. The second-order valence-electron chi connectivity index (χ2n) is 8.42. The van der Waals surface area contributed by atoms with Crippen LogP contribution < -0.4 is 10.9 Å². The van der Waals surface area contributed by atoms with Gasteiger partial charge in [0.2, 0.25) is 11.7 Å². The van der Waals surface area contributed by atoms with Gasteiger partial charge in [-0.25, -0.2) is 0 Å². The number of rotatable bonds is 7. The summed E-state index contributed by atoms with van der Waals surface area (Å²) >= 11 is 1.30. The molecule has 4 aromatic rings. The van der Waals surface area contributed by atoms with Gasteiger partial charge in [-0.3, -0.25) is 18.6 Å². The molecule has 0 fully saturated rings. The number of amides is 1. The number of nitrogens with one attached hydrogen (secondary N) is 1. The van der Waals surface area contributed by atoms with Crippen LogP contribution in [0.1, 0.15) is 37.9 Å². The van der Waals surface area contributed by atoms with Gasteiger partial charge in [0.05, 0.1) is 22.7 Å². The Morgan fingerprint density at radius 3 is 2.50 bits per heavy atom. The lowest BCUT2D eigenvalue weighted by molar-refractivity contribution is -0.119. The highest BCUT2D eigenvalue weighted by Gasteiger charge is 2.17. The Bertz CT molecular complexity index is 1320. The summed E-state index contributed by atoms with van der Waals surface area (Å²) < 4.78 is 3.30. The summed E-state index contributed by atoms with van der Waals surface area (Å²) in [6, 6.07) is 15.7. The molecule has 8 heteroatoms. The van der Waals surface area contributed by atoms with E-state index < -0.39 is 0 Å². The molecular formula is C24H27N5O2S. The predicted octanol–water partition coefficient (Wildman–Crippen LogP) is 3.75. The monoisotopic (exact) mass is 449 g/mol. The molecule has 0 aliphatic heterocycles. The minimum Gasteiger partial charge on any atom is -0.349 e. The zero-order valence-corrected chi connectivity index (χ0v) is 19.5. The fraction of sp³-hybridized carbons (Fsp3) is 0.333. The van der Waals surface area contributed by atoms with Crippen LogP contribution in [0, 0.1) is 5.92 Å². The quantitative estimate of drug-likeness (QED) is 0.435. The third kappa shape index (κ3) is 4.41. The van der Waals surface area contributed by atoms with Gasteiger partial charge < -0.3 is 5.32 Å². The van der Waals surface area contributed by atoms with Crippen LogP contribution in [-0.4, -0.2) is 30.8 Å². The normalized spacial score (nSPS) is 12.5. The molecule has 2 aromatic heterocycles. The maximum absolute atomic E-state index is 12.6. The second kappa shape index (κ2) is 9.16. The van der Waals surface area contributed by atoms with Crippen molar-refractivity contribution in [3.8, 4) is 0 Å². The zero-order chi connectivity index (χ0) is 22.8. The number of aromatic nitrogens is 4. The van der Waals surface area contributed by atoms with Gasteiger partial charge in [-0.05, 0) is 42.5 Å². The average molecular weight is 450 g/mol. The molecule has 0 aliphatic rings. The van der Waals surface area contributed by atoms with E-state index in [1.165, 1.54) is 21.9 Å². The minimum absolute atomic E-state index is 0.0837. The van der Waals surface area contributed by atoms with E-state index in [0.717, 1.165) is 17.5 Å². The highest BCUT2D eigenvalue weighted by molar-refractivity contribution is 7.99. The number of nitrogens with zero attached hydrogens (tertiary/aromatic N) is 4. The fourth-order valence-electron chi connectivity index (χ4n) is 3.82. The summed E-state index contributed by atoms with van der Waals surface area (Å²) in [6.45, 7) is 6.39. The number of carbonyl (C=O) groups is 1. The molecule has 1 N–H and O–H groups in total. The lowest BCUT2D eigenvalue weighted by atomic mass is 10.00. The molecule has 2 aromatic carbocycles. The number of thioether (sulfide) groups is 1. The molecule has 32 heavy (non-hydrogen) atoms. The molecule has 4 rings (SSSR count). The SMILES string of the molecule is CC(C)Cc1ccc(C(C)NC(=O)CSc2nnc3n(C)c(=O)c4ccccc4n23)cc1. The summed E-state index contributed by atoms with van der Waals surface area (Å²) in [7, 11) is 1.67. The molecule has 0 bridgehead atoms. The number of para-hydroxylation sites is 1. The molecule has 2 heterocycles. The van der Waals surface area contributed by atoms with Crippen LogP contribution in [0.25, 0.3) is 16.7 Å². The van der Waals surface area contributed by atoms with Crippen molar-refractivity contribution in [2.45, 2.75) is 38.4 Å². The van der Waals surface area contributed by atoms with E-state index in [0.29, 0.717) is 22.2 Å². The Morgan fingerprint density at radius 2 is 1.78 bits per heavy atom. The highest BCUT2D eigenvalue weighted by atomic mass is 32.2. The van der Waals surface area contributed by atoms with Gasteiger partial charge in [-0.1, -0.05) is 62.0 Å². The summed E-state index contributed by atoms with van der Waals surface area (Å²) in [4.78, 5) is 25.2. The van der Waals surface area contributed by atoms with Crippen LogP contribution in [0.5, 0.6) is 0 Å². The van der Waals surface area contributed by atoms with Crippen LogP contribution in [-0.2, 0) is 18.3 Å². The summed E-state index contributed by atoms with van der Waals surface area (Å²) in [5.74, 6) is 1.18. The molecule has 0 saturated heterocycles. The van der Waals surface area contributed by atoms with Crippen molar-refractivity contribution >= 4 is 34.3 Å². The van der Waals surface area contributed by atoms with E-state index in [1.807, 2.05) is 29.5 Å². The van der Waals surface area contributed by atoms with E-state index in [-0.39, 0.29) is 23.3 Å². The van der Waals surface area contributed by atoms with Crippen LogP contribution in [0.3, 0.4) is 0 Å². The largest absolute Gasteiger partial charge is 0.349 e. The van der Waals surface area contributed by atoms with Crippen molar-refractivity contribution in [3.05, 3.63) is 70.0 Å². The Hall–Kier alpha value is -3.13. The Labute approximate surface area is 190 Å². The average Bonchev–Trinajstić information content (AvgIpc) is 3.20. The van der Waals surface area contributed by atoms with Crippen LogP contribution in [0.15, 0.2) is 58.5 Å². The summed E-state index contributed by atoms with van der Waals surface area (Å²) in [5, 5.41) is 12.6. The number of hydrogen-bond acceptors (Lipinski definition) is 5. The maximum atomic E-state index is 12.6. The first-order valence-corrected chi connectivity index (χ1v) is 11.7. The van der Waals surface area contributed by atoms with Gasteiger partial charge in [-0.15, -0.1) is 10.2 Å².